The van der Waals surface area contributed by atoms with Gasteiger partial charge < -0.3 is 14.8 Å². The molecule has 0 fully saturated rings. The Labute approximate surface area is 176 Å². The molecule has 150 valence electrons. The maximum absolute atomic E-state index is 13.7. The number of ether oxygens (including phenoxy) is 2. The standard InChI is InChI=1S/C20H16Cl2FN3O3/c1-11-19(26-18(27)10-28-16-8-7-13(21)9-14(16)22)12(2)25-20(24-11)29-17-6-4-3-5-15(17)23/h3-9H,10H2,1-2H3,(H,26,27). The van der Waals surface area contributed by atoms with Crippen LogP contribution in [0.2, 0.25) is 10.0 Å². The minimum Gasteiger partial charge on any atom is -0.482 e. The highest BCUT2D eigenvalue weighted by molar-refractivity contribution is 6.35. The van der Waals surface area contributed by atoms with E-state index in [0.717, 1.165) is 0 Å². The average Bonchev–Trinajstić information content (AvgIpc) is 2.66. The second-order valence-corrected chi connectivity index (χ2v) is 6.84. The van der Waals surface area contributed by atoms with E-state index >= 15 is 0 Å². The van der Waals surface area contributed by atoms with Gasteiger partial charge in [0, 0.05) is 5.02 Å². The van der Waals surface area contributed by atoms with Gasteiger partial charge in [-0.2, -0.15) is 9.97 Å². The highest BCUT2D eigenvalue weighted by atomic mass is 35.5. The molecule has 0 atom stereocenters. The number of amides is 1. The second-order valence-electron chi connectivity index (χ2n) is 6.00. The smallest absolute Gasteiger partial charge is 0.322 e. The number of carbonyl (C=O) groups is 1. The summed E-state index contributed by atoms with van der Waals surface area (Å²) < 4.78 is 24.5. The van der Waals surface area contributed by atoms with Crippen LogP contribution in [0.25, 0.3) is 0 Å². The normalized spacial score (nSPS) is 10.5. The summed E-state index contributed by atoms with van der Waals surface area (Å²) in [5, 5.41) is 3.46. The minimum atomic E-state index is -0.526. The van der Waals surface area contributed by atoms with Gasteiger partial charge in [0.15, 0.2) is 18.2 Å². The van der Waals surface area contributed by atoms with Crippen LogP contribution in [0, 0.1) is 19.7 Å². The number of hydrogen-bond acceptors (Lipinski definition) is 5. The lowest BCUT2D eigenvalue weighted by molar-refractivity contribution is -0.118. The summed E-state index contributed by atoms with van der Waals surface area (Å²) >= 11 is 11.8. The lowest BCUT2D eigenvalue weighted by Gasteiger charge is -2.13. The van der Waals surface area contributed by atoms with Crippen LogP contribution in [-0.4, -0.2) is 22.5 Å². The molecule has 3 rings (SSSR count). The average molecular weight is 436 g/mol. The summed E-state index contributed by atoms with van der Waals surface area (Å²) in [7, 11) is 0. The SMILES string of the molecule is Cc1nc(Oc2ccccc2F)nc(C)c1NC(=O)COc1ccc(Cl)cc1Cl. The molecule has 0 aliphatic rings. The van der Waals surface area contributed by atoms with Crippen LogP contribution in [0.5, 0.6) is 17.5 Å². The summed E-state index contributed by atoms with van der Waals surface area (Å²) in [5.74, 6) is -0.601. The molecular formula is C20H16Cl2FN3O3. The van der Waals surface area contributed by atoms with Crippen LogP contribution in [0.3, 0.4) is 0 Å². The molecule has 0 radical (unpaired) electrons. The molecule has 3 aromatic rings. The molecule has 1 aromatic heterocycles. The first-order chi connectivity index (χ1) is 13.8. The maximum Gasteiger partial charge on any atom is 0.322 e. The third kappa shape index (κ3) is 5.34. The summed E-state index contributed by atoms with van der Waals surface area (Å²) in [6.45, 7) is 3.08. The number of para-hydroxylation sites is 1. The van der Waals surface area contributed by atoms with Gasteiger partial charge in [-0.1, -0.05) is 35.3 Å². The van der Waals surface area contributed by atoms with Gasteiger partial charge in [-0.3, -0.25) is 4.79 Å². The minimum absolute atomic E-state index is 0.0105. The van der Waals surface area contributed by atoms with E-state index in [-0.39, 0.29) is 18.4 Å². The van der Waals surface area contributed by atoms with Crippen LogP contribution in [0.1, 0.15) is 11.4 Å². The fourth-order valence-corrected chi connectivity index (χ4v) is 2.91. The number of hydrogen-bond donors (Lipinski definition) is 1. The van der Waals surface area contributed by atoms with Gasteiger partial charge in [-0.15, -0.1) is 0 Å². The van der Waals surface area contributed by atoms with Gasteiger partial charge in [0.1, 0.15) is 5.75 Å². The monoisotopic (exact) mass is 435 g/mol. The predicted molar refractivity (Wildman–Crippen MR) is 109 cm³/mol. The summed E-state index contributed by atoms with van der Waals surface area (Å²) in [5.41, 5.74) is 1.34. The molecule has 0 saturated heterocycles. The van der Waals surface area contributed by atoms with Gasteiger partial charge in [-0.05, 0) is 44.2 Å². The summed E-state index contributed by atoms with van der Waals surface area (Å²) in [6, 6.07) is 10.6. The van der Waals surface area contributed by atoms with Gasteiger partial charge in [-0.25, -0.2) is 4.39 Å². The first kappa shape index (κ1) is 20.8. The molecule has 0 aliphatic carbocycles. The molecule has 9 heteroatoms. The fraction of sp³-hybridized carbons (Fsp3) is 0.150. The van der Waals surface area contributed by atoms with Crippen molar-refractivity contribution < 1.29 is 18.7 Å². The van der Waals surface area contributed by atoms with Gasteiger partial charge in [0.25, 0.3) is 5.91 Å². The lowest BCUT2D eigenvalue weighted by Crippen LogP contribution is -2.22. The zero-order valence-corrected chi connectivity index (χ0v) is 17.0. The van der Waals surface area contributed by atoms with Crippen molar-refractivity contribution in [1.29, 1.82) is 0 Å². The molecule has 1 heterocycles. The Morgan fingerprint density at radius 3 is 2.41 bits per heavy atom. The van der Waals surface area contributed by atoms with Crippen molar-refractivity contribution in [1.82, 2.24) is 9.97 Å². The third-order valence-corrected chi connectivity index (χ3v) is 4.34. The fourth-order valence-electron chi connectivity index (χ4n) is 2.45. The van der Waals surface area contributed by atoms with Crippen LogP contribution in [0.15, 0.2) is 42.5 Å². The first-order valence-corrected chi connectivity index (χ1v) is 9.24. The Balaban J connectivity index is 1.67. The highest BCUT2D eigenvalue weighted by Crippen LogP contribution is 2.28. The Kier molecular flexibility index (Phi) is 6.51. The van der Waals surface area contributed by atoms with Gasteiger partial charge >= 0.3 is 6.01 Å². The topological polar surface area (TPSA) is 73.3 Å². The molecule has 29 heavy (non-hydrogen) atoms. The Morgan fingerprint density at radius 1 is 1.07 bits per heavy atom. The predicted octanol–water partition coefficient (Wildman–Crippen LogP) is 5.35. The number of carbonyl (C=O) groups excluding carboxylic acids is 1. The quantitative estimate of drug-likeness (QED) is 0.564. The van der Waals surface area contributed by atoms with Crippen LogP contribution in [0.4, 0.5) is 10.1 Å². The zero-order valence-electron chi connectivity index (χ0n) is 15.5. The Hall–Kier alpha value is -2.90. The van der Waals surface area contributed by atoms with E-state index in [4.69, 9.17) is 32.7 Å². The molecule has 0 bridgehead atoms. The Bertz CT molecular complexity index is 1040. The third-order valence-electron chi connectivity index (χ3n) is 3.81. The molecule has 0 aliphatic heterocycles. The van der Waals surface area contributed by atoms with E-state index in [1.54, 1.807) is 38.1 Å². The highest BCUT2D eigenvalue weighted by Gasteiger charge is 2.15. The molecular weight excluding hydrogens is 420 g/mol. The van der Waals surface area contributed by atoms with Crippen molar-refractivity contribution >= 4 is 34.8 Å². The number of aryl methyl sites for hydroxylation is 2. The van der Waals surface area contributed by atoms with E-state index < -0.39 is 11.7 Å². The van der Waals surface area contributed by atoms with E-state index in [9.17, 15) is 9.18 Å². The van der Waals surface area contributed by atoms with Crippen LogP contribution >= 0.6 is 23.2 Å². The van der Waals surface area contributed by atoms with Crippen molar-refractivity contribution in [2.75, 3.05) is 11.9 Å². The molecule has 0 unspecified atom stereocenters. The summed E-state index contributed by atoms with van der Waals surface area (Å²) in [6.07, 6.45) is 0. The molecule has 0 spiro atoms. The number of anilines is 1. The molecule has 1 N–H and O–H groups in total. The largest absolute Gasteiger partial charge is 0.482 e. The van der Waals surface area contributed by atoms with Crippen molar-refractivity contribution in [2.24, 2.45) is 0 Å². The van der Waals surface area contributed by atoms with Crippen molar-refractivity contribution in [3.8, 4) is 17.5 Å². The molecule has 2 aromatic carbocycles. The first-order valence-electron chi connectivity index (χ1n) is 8.49. The molecule has 1 amide bonds. The van der Waals surface area contributed by atoms with Crippen molar-refractivity contribution in [3.63, 3.8) is 0 Å². The maximum atomic E-state index is 13.7. The lowest BCUT2D eigenvalue weighted by atomic mass is 10.3. The van der Waals surface area contributed by atoms with Crippen molar-refractivity contribution in [2.45, 2.75) is 13.8 Å². The van der Waals surface area contributed by atoms with Crippen LogP contribution in [-0.2, 0) is 4.79 Å². The van der Waals surface area contributed by atoms with E-state index in [1.807, 2.05) is 0 Å². The number of aromatic nitrogens is 2. The number of nitrogens with one attached hydrogen (secondary N) is 1. The van der Waals surface area contributed by atoms with E-state index in [2.05, 4.69) is 15.3 Å². The zero-order chi connectivity index (χ0) is 21.0. The second kappa shape index (κ2) is 9.07. The van der Waals surface area contributed by atoms with E-state index in [0.29, 0.717) is 32.9 Å². The number of halogens is 3. The number of nitrogens with zero attached hydrogens (tertiary/aromatic N) is 2. The molecule has 6 nitrogen and oxygen atoms in total. The Morgan fingerprint density at radius 2 is 1.76 bits per heavy atom. The number of rotatable bonds is 6. The van der Waals surface area contributed by atoms with Crippen molar-refractivity contribution in [3.05, 3.63) is 69.7 Å². The van der Waals surface area contributed by atoms with Crippen LogP contribution < -0.4 is 14.8 Å². The summed E-state index contributed by atoms with van der Waals surface area (Å²) in [4.78, 5) is 20.6. The number of benzene rings is 2. The molecule has 0 saturated carbocycles. The van der Waals surface area contributed by atoms with E-state index in [1.165, 1.54) is 18.2 Å². The van der Waals surface area contributed by atoms with Gasteiger partial charge in [0.05, 0.1) is 22.1 Å². The van der Waals surface area contributed by atoms with Gasteiger partial charge in [0.2, 0.25) is 0 Å².